The molecule has 18 nitrogen and oxygen atoms in total. The van der Waals surface area contributed by atoms with Crippen molar-refractivity contribution in [3.8, 4) is 11.5 Å². The Morgan fingerprint density at radius 2 is 1.04 bits per heavy atom. The molecule has 5 aromatic carbocycles. The van der Waals surface area contributed by atoms with Gasteiger partial charge in [-0.15, -0.1) is 0 Å². The van der Waals surface area contributed by atoms with Crippen LogP contribution in [-0.2, 0) is 30.4 Å². The van der Waals surface area contributed by atoms with Gasteiger partial charge in [-0.05, 0) is 72.1 Å². The van der Waals surface area contributed by atoms with E-state index in [9.17, 15) is 44.0 Å². The predicted molar refractivity (Wildman–Crippen MR) is 187 cm³/mol. The molecule has 52 heavy (non-hydrogen) atoms. The highest BCUT2D eigenvalue weighted by Gasteiger charge is 2.21. The second-order valence-corrected chi connectivity index (χ2v) is 14.8. The summed E-state index contributed by atoms with van der Waals surface area (Å²) in [4.78, 5) is -1.80. The van der Waals surface area contributed by atoms with Crippen LogP contribution in [0.15, 0.2) is 126 Å². The zero-order valence-corrected chi connectivity index (χ0v) is 29.3. The number of benzene rings is 5. The maximum atomic E-state index is 12.0. The van der Waals surface area contributed by atoms with Gasteiger partial charge >= 0.3 is 0 Å². The van der Waals surface area contributed by atoms with Gasteiger partial charge in [0, 0.05) is 17.5 Å². The molecule has 0 bridgehead atoms. The van der Waals surface area contributed by atoms with E-state index in [-0.39, 0.29) is 44.2 Å². The first kappa shape index (κ1) is 37.7. The van der Waals surface area contributed by atoms with E-state index in [1.54, 1.807) is 18.2 Å². The van der Waals surface area contributed by atoms with Gasteiger partial charge < -0.3 is 25.2 Å². The summed E-state index contributed by atoms with van der Waals surface area (Å²) in [5, 5.41) is 32.7. The number of fused-ring (bicyclic) bond motifs is 1. The van der Waals surface area contributed by atoms with E-state index in [0.717, 1.165) is 12.1 Å². The van der Waals surface area contributed by atoms with Gasteiger partial charge in [-0.1, -0.05) is 12.1 Å². The molecular formula is C31H28N6O12S3. The van der Waals surface area contributed by atoms with E-state index < -0.39 is 46.5 Å². The molecule has 0 radical (unpaired) electrons. The number of hydrogen-bond acceptors (Lipinski definition) is 15. The van der Waals surface area contributed by atoms with Crippen molar-refractivity contribution in [2.45, 2.75) is 21.0 Å². The quantitative estimate of drug-likeness (QED) is 0.0440. The van der Waals surface area contributed by atoms with Crippen molar-refractivity contribution in [1.82, 2.24) is 0 Å². The maximum absolute atomic E-state index is 12.0. The number of aliphatic hydroxyl groups is 1. The van der Waals surface area contributed by atoms with E-state index >= 15 is 0 Å². The largest absolute Gasteiger partial charge is 0.495 e. The minimum atomic E-state index is -4.90. The van der Waals surface area contributed by atoms with Crippen molar-refractivity contribution in [3.63, 3.8) is 0 Å². The van der Waals surface area contributed by atoms with E-state index in [2.05, 4.69) is 31.1 Å². The normalized spacial score (nSPS) is 13.0. The molecule has 1 atom stereocenters. The summed E-state index contributed by atoms with van der Waals surface area (Å²) < 4.78 is 109. The highest BCUT2D eigenvalue weighted by molar-refractivity contribution is 7.87. The first-order valence-corrected chi connectivity index (χ1v) is 18.8. The van der Waals surface area contributed by atoms with Crippen LogP contribution >= 0.6 is 0 Å². The molecule has 272 valence electrons. The number of anilines is 2. The molecule has 0 spiro atoms. The van der Waals surface area contributed by atoms with Crippen LogP contribution in [0.4, 0.5) is 34.1 Å². The van der Waals surface area contributed by atoms with Crippen molar-refractivity contribution >= 4 is 75.3 Å². The number of nitrogens with zero attached hydrogens (tertiary/aromatic N) is 4. The lowest BCUT2D eigenvalue weighted by Crippen LogP contribution is -2.28. The second-order valence-electron chi connectivity index (χ2n) is 10.6. The Bertz CT molecular complexity index is 2560. The minimum Gasteiger partial charge on any atom is -0.495 e. The molecule has 0 aromatic heterocycles. The molecule has 1 unspecified atom stereocenters. The Morgan fingerprint density at radius 1 is 0.558 bits per heavy atom. The summed E-state index contributed by atoms with van der Waals surface area (Å²) in [5.74, 6) is 0.533. The van der Waals surface area contributed by atoms with E-state index in [1.165, 1.54) is 68.8 Å². The van der Waals surface area contributed by atoms with Gasteiger partial charge in [-0.2, -0.15) is 45.7 Å². The molecule has 0 heterocycles. The molecule has 5 rings (SSSR count). The average molecular weight is 773 g/mol. The number of nitrogens with one attached hydrogen (secondary N) is 2. The van der Waals surface area contributed by atoms with Crippen LogP contribution in [-0.4, -0.2) is 64.6 Å². The van der Waals surface area contributed by atoms with Crippen molar-refractivity contribution in [1.29, 1.82) is 0 Å². The van der Waals surface area contributed by atoms with Crippen LogP contribution < -0.4 is 20.1 Å². The number of methoxy groups -OCH3 is 2. The van der Waals surface area contributed by atoms with Gasteiger partial charge in [0.05, 0.1) is 58.1 Å². The summed E-state index contributed by atoms with van der Waals surface area (Å²) in [5.41, 5.74) is 1.65. The van der Waals surface area contributed by atoms with Crippen LogP contribution in [0.1, 0.15) is 0 Å². The zero-order chi connectivity index (χ0) is 37.8. The Morgan fingerprint density at radius 3 is 1.52 bits per heavy atom. The van der Waals surface area contributed by atoms with Crippen LogP contribution in [0.3, 0.4) is 0 Å². The molecule has 21 heteroatoms. The zero-order valence-electron chi connectivity index (χ0n) is 26.8. The Balaban J connectivity index is 1.30. The molecule has 0 saturated heterocycles. The number of hydrogen-bond donors (Lipinski definition) is 6. The van der Waals surface area contributed by atoms with Crippen molar-refractivity contribution < 1.29 is 53.5 Å². The summed E-state index contributed by atoms with van der Waals surface area (Å²) in [6.07, 6.45) is -1.37. The average Bonchev–Trinajstić information content (AvgIpc) is 3.09. The predicted octanol–water partition coefficient (Wildman–Crippen LogP) is 6.23. The lowest BCUT2D eigenvalue weighted by atomic mass is 10.1. The van der Waals surface area contributed by atoms with Gasteiger partial charge in [-0.3, -0.25) is 13.7 Å². The molecule has 0 saturated carbocycles. The molecule has 6 N–H and O–H groups in total. The van der Waals surface area contributed by atoms with Gasteiger partial charge in [0.25, 0.3) is 30.4 Å². The fourth-order valence-corrected chi connectivity index (χ4v) is 6.57. The second kappa shape index (κ2) is 15.0. The van der Waals surface area contributed by atoms with E-state index in [0.29, 0.717) is 23.1 Å². The topological polar surface area (TPSA) is 275 Å². The summed E-state index contributed by atoms with van der Waals surface area (Å²) in [6.45, 7) is 0. The summed E-state index contributed by atoms with van der Waals surface area (Å²) in [6, 6.07) is 20.2. The lowest BCUT2D eigenvalue weighted by Gasteiger charge is -2.20. The standard InChI is InChI=1S/C31H28N6O12S3/c1-48-28-15-21(36-34-19-4-3-5-23(13-19)50(39,40)41)8-10-26(28)32-31(38)33-27-11-9-22(16-29(27)49-2)37-35-20-7-6-18-12-24(51(42,43)44)17-30(25(18)14-20)52(45,46)47/h3-17,31-33,38H,1-2H3,(H,39,40,41)(H,42,43,44)(H,45,46,47). The van der Waals surface area contributed by atoms with Crippen LogP contribution in [0.25, 0.3) is 10.8 Å². The Kier molecular flexibility index (Phi) is 10.9. The third kappa shape index (κ3) is 9.21. The van der Waals surface area contributed by atoms with Crippen LogP contribution in [0.2, 0.25) is 0 Å². The molecule has 0 aliphatic rings. The summed E-state index contributed by atoms with van der Waals surface area (Å²) >= 11 is 0. The molecule has 5 aromatic rings. The SMILES string of the molecule is COc1cc(N=Nc2cccc(S(=O)(=O)O)c2)ccc1NC(O)Nc1ccc(N=Nc2ccc3cc(S(=O)(=O)O)cc(S(=O)(=O)O)c3c2)cc1OC. The van der Waals surface area contributed by atoms with Crippen molar-refractivity contribution in [3.05, 3.63) is 91.0 Å². The first-order valence-electron chi connectivity index (χ1n) is 14.5. The number of ether oxygens (including phenoxy) is 2. The van der Waals surface area contributed by atoms with Gasteiger partial charge in [0.15, 0.2) is 0 Å². The van der Waals surface area contributed by atoms with Gasteiger partial charge in [0.1, 0.15) is 16.4 Å². The Hall–Kier alpha value is -5.55. The van der Waals surface area contributed by atoms with Crippen LogP contribution in [0, 0.1) is 0 Å². The van der Waals surface area contributed by atoms with Crippen molar-refractivity contribution in [2.75, 3.05) is 24.9 Å². The molecule has 0 amide bonds. The third-order valence-corrected chi connectivity index (χ3v) is 9.66. The number of azo groups is 2. The smallest absolute Gasteiger partial charge is 0.295 e. The maximum Gasteiger partial charge on any atom is 0.295 e. The minimum absolute atomic E-state index is 0.0651. The molecule has 0 aliphatic carbocycles. The highest BCUT2D eigenvalue weighted by Crippen LogP contribution is 2.35. The fraction of sp³-hybridized carbons (Fsp3) is 0.0968. The van der Waals surface area contributed by atoms with Gasteiger partial charge in [-0.25, -0.2) is 0 Å². The highest BCUT2D eigenvalue weighted by atomic mass is 32.2. The molecular weight excluding hydrogens is 745 g/mol. The third-order valence-electron chi connectivity index (χ3n) is 7.08. The fourth-order valence-electron chi connectivity index (χ4n) is 4.70. The summed E-state index contributed by atoms with van der Waals surface area (Å²) in [7, 11) is -11.3. The van der Waals surface area contributed by atoms with E-state index in [1.807, 2.05) is 0 Å². The Labute approximate surface area is 296 Å². The van der Waals surface area contributed by atoms with Crippen LogP contribution in [0.5, 0.6) is 11.5 Å². The number of rotatable bonds is 13. The van der Waals surface area contributed by atoms with E-state index in [4.69, 9.17) is 9.47 Å². The first-order chi connectivity index (χ1) is 24.4. The monoisotopic (exact) mass is 772 g/mol. The lowest BCUT2D eigenvalue weighted by molar-refractivity contribution is 0.231. The van der Waals surface area contributed by atoms with Crippen molar-refractivity contribution in [2.24, 2.45) is 20.5 Å². The number of aliphatic hydroxyl groups excluding tert-OH is 1. The molecule has 0 fully saturated rings. The molecule has 0 aliphatic heterocycles. The van der Waals surface area contributed by atoms with Gasteiger partial charge in [0.2, 0.25) is 6.35 Å².